The Balaban J connectivity index is 1.92. The van der Waals surface area contributed by atoms with Crippen molar-refractivity contribution in [3.8, 4) is 5.75 Å². The fraction of sp³-hybridized carbons (Fsp3) is 0.263. The number of ether oxygens (including phenoxy) is 1. The Morgan fingerprint density at radius 2 is 1.75 bits per heavy atom. The first-order valence-electron chi connectivity index (χ1n) is 7.91. The summed E-state index contributed by atoms with van der Waals surface area (Å²) in [6.45, 7) is 1.65. The van der Waals surface area contributed by atoms with Gasteiger partial charge in [-0.2, -0.15) is 0 Å². The zero-order chi connectivity index (χ0) is 17.4. The van der Waals surface area contributed by atoms with Crippen LogP contribution in [0.3, 0.4) is 0 Å². The van der Waals surface area contributed by atoms with Crippen molar-refractivity contribution in [2.24, 2.45) is 0 Å². The number of aromatic hydroxyl groups is 1. The fourth-order valence-electron chi connectivity index (χ4n) is 2.39. The number of carbonyl (C=O) groups excluding carboxylic acids is 2. The van der Waals surface area contributed by atoms with Crippen molar-refractivity contribution in [2.75, 3.05) is 6.61 Å². The van der Waals surface area contributed by atoms with Crippen molar-refractivity contribution < 1.29 is 19.4 Å². The summed E-state index contributed by atoms with van der Waals surface area (Å²) in [5.74, 6) is -1.27. The van der Waals surface area contributed by atoms with Gasteiger partial charge in [-0.1, -0.05) is 55.8 Å². The van der Waals surface area contributed by atoms with Gasteiger partial charge in [-0.15, -0.1) is 0 Å². The van der Waals surface area contributed by atoms with Crippen molar-refractivity contribution in [3.05, 3.63) is 65.7 Å². The van der Waals surface area contributed by atoms with Crippen LogP contribution >= 0.6 is 0 Å². The number of hydrogen-bond acceptors (Lipinski definition) is 4. The Kier molecular flexibility index (Phi) is 6.37. The number of esters is 1. The maximum atomic E-state index is 12.1. The lowest BCUT2D eigenvalue weighted by molar-refractivity contribution is -0.125. The van der Waals surface area contributed by atoms with Crippen LogP contribution in [0.5, 0.6) is 5.75 Å². The van der Waals surface area contributed by atoms with Gasteiger partial charge in [0.1, 0.15) is 11.3 Å². The van der Waals surface area contributed by atoms with Gasteiger partial charge in [0, 0.05) is 0 Å². The summed E-state index contributed by atoms with van der Waals surface area (Å²) in [7, 11) is 0. The van der Waals surface area contributed by atoms with Gasteiger partial charge in [0.15, 0.2) is 6.61 Å². The third-order valence-electron chi connectivity index (χ3n) is 3.57. The van der Waals surface area contributed by atoms with Crippen LogP contribution in [-0.4, -0.2) is 23.6 Å². The van der Waals surface area contributed by atoms with Gasteiger partial charge < -0.3 is 15.2 Å². The maximum absolute atomic E-state index is 12.1. The summed E-state index contributed by atoms with van der Waals surface area (Å²) in [6, 6.07) is 15.6. The van der Waals surface area contributed by atoms with Crippen molar-refractivity contribution in [3.63, 3.8) is 0 Å². The molecule has 1 atom stereocenters. The van der Waals surface area contributed by atoms with Gasteiger partial charge in [0.05, 0.1) is 6.04 Å². The summed E-state index contributed by atoms with van der Waals surface area (Å²) < 4.78 is 4.97. The molecule has 0 unspecified atom stereocenters. The second-order valence-corrected chi connectivity index (χ2v) is 5.41. The molecule has 0 aliphatic heterocycles. The smallest absolute Gasteiger partial charge is 0.342 e. The molecule has 0 aromatic heterocycles. The number of phenols is 1. The average molecular weight is 327 g/mol. The second kappa shape index (κ2) is 8.72. The zero-order valence-corrected chi connectivity index (χ0v) is 13.6. The molecule has 0 fully saturated rings. The molecular weight excluding hydrogens is 306 g/mol. The highest BCUT2D eigenvalue weighted by Crippen LogP contribution is 2.18. The molecule has 2 rings (SSSR count). The topological polar surface area (TPSA) is 75.6 Å². The molecule has 126 valence electrons. The molecule has 2 aromatic carbocycles. The van der Waals surface area contributed by atoms with Crippen LogP contribution in [0.4, 0.5) is 0 Å². The molecule has 0 heterocycles. The predicted octanol–water partition coefficient (Wildman–Crippen LogP) is 3.21. The number of nitrogens with one attached hydrogen (secondary N) is 1. The number of carbonyl (C=O) groups is 2. The molecule has 5 nitrogen and oxygen atoms in total. The van der Waals surface area contributed by atoms with Crippen LogP contribution in [0, 0.1) is 0 Å². The van der Waals surface area contributed by atoms with E-state index in [1.54, 1.807) is 12.1 Å². The first-order valence-corrected chi connectivity index (χ1v) is 7.91. The van der Waals surface area contributed by atoms with Crippen LogP contribution < -0.4 is 5.32 Å². The van der Waals surface area contributed by atoms with Crippen LogP contribution in [0.2, 0.25) is 0 Å². The second-order valence-electron chi connectivity index (χ2n) is 5.41. The molecule has 0 radical (unpaired) electrons. The molecule has 0 bridgehead atoms. The SMILES string of the molecule is CCC[C@@H](NC(=O)COC(=O)c1ccccc1O)c1ccccc1. The van der Waals surface area contributed by atoms with E-state index in [4.69, 9.17) is 4.74 Å². The lowest BCUT2D eigenvalue weighted by Gasteiger charge is -2.18. The fourth-order valence-corrected chi connectivity index (χ4v) is 2.39. The third kappa shape index (κ3) is 4.84. The van der Waals surface area contributed by atoms with Gasteiger partial charge >= 0.3 is 5.97 Å². The molecule has 2 N–H and O–H groups in total. The monoisotopic (exact) mass is 327 g/mol. The van der Waals surface area contributed by atoms with E-state index in [0.29, 0.717) is 0 Å². The zero-order valence-electron chi connectivity index (χ0n) is 13.6. The minimum Gasteiger partial charge on any atom is -0.507 e. The lowest BCUT2D eigenvalue weighted by Crippen LogP contribution is -2.32. The Hall–Kier alpha value is -2.82. The van der Waals surface area contributed by atoms with E-state index in [9.17, 15) is 14.7 Å². The highest BCUT2D eigenvalue weighted by Gasteiger charge is 2.17. The number of rotatable bonds is 7. The van der Waals surface area contributed by atoms with Crippen molar-refractivity contribution in [1.29, 1.82) is 0 Å². The quantitative estimate of drug-likeness (QED) is 0.766. The van der Waals surface area contributed by atoms with Crippen LogP contribution in [-0.2, 0) is 9.53 Å². The molecular formula is C19H21NO4. The van der Waals surface area contributed by atoms with Gasteiger partial charge in [-0.25, -0.2) is 4.79 Å². The normalized spacial score (nSPS) is 11.5. The van der Waals surface area contributed by atoms with Crippen molar-refractivity contribution in [2.45, 2.75) is 25.8 Å². The minimum atomic E-state index is -0.727. The van der Waals surface area contributed by atoms with E-state index in [2.05, 4.69) is 5.32 Å². The molecule has 0 aliphatic carbocycles. The number of phenolic OH excluding ortho intramolecular Hbond substituents is 1. The number of para-hydroxylation sites is 1. The molecule has 0 saturated carbocycles. The van der Waals surface area contributed by atoms with Crippen LogP contribution in [0.15, 0.2) is 54.6 Å². The number of benzene rings is 2. The first-order chi connectivity index (χ1) is 11.6. The van der Waals surface area contributed by atoms with Crippen LogP contribution in [0.25, 0.3) is 0 Å². The van der Waals surface area contributed by atoms with E-state index in [0.717, 1.165) is 18.4 Å². The molecule has 5 heteroatoms. The lowest BCUT2D eigenvalue weighted by atomic mass is 10.0. The van der Waals surface area contributed by atoms with E-state index in [1.165, 1.54) is 12.1 Å². The van der Waals surface area contributed by atoms with E-state index in [-0.39, 0.29) is 29.9 Å². The summed E-state index contributed by atoms with van der Waals surface area (Å²) in [5.41, 5.74) is 1.05. The first kappa shape index (κ1) is 17.5. The van der Waals surface area contributed by atoms with E-state index < -0.39 is 5.97 Å². The largest absolute Gasteiger partial charge is 0.507 e. The molecule has 0 aliphatic rings. The van der Waals surface area contributed by atoms with Gasteiger partial charge in [0.25, 0.3) is 5.91 Å². The van der Waals surface area contributed by atoms with E-state index in [1.807, 2.05) is 37.3 Å². The number of hydrogen-bond donors (Lipinski definition) is 2. The van der Waals surface area contributed by atoms with Crippen LogP contribution in [0.1, 0.15) is 41.7 Å². The Morgan fingerprint density at radius 3 is 2.42 bits per heavy atom. The van der Waals surface area contributed by atoms with Crippen molar-refractivity contribution >= 4 is 11.9 Å². The Labute approximate surface area is 141 Å². The highest BCUT2D eigenvalue weighted by molar-refractivity contribution is 5.93. The Bertz CT molecular complexity index is 685. The van der Waals surface area contributed by atoms with Crippen molar-refractivity contribution in [1.82, 2.24) is 5.32 Å². The average Bonchev–Trinajstić information content (AvgIpc) is 2.60. The highest BCUT2D eigenvalue weighted by atomic mass is 16.5. The summed E-state index contributed by atoms with van der Waals surface area (Å²) in [4.78, 5) is 24.0. The number of amides is 1. The predicted molar refractivity (Wildman–Crippen MR) is 90.6 cm³/mol. The minimum absolute atomic E-state index is 0.0402. The molecule has 0 saturated heterocycles. The van der Waals surface area contributed by atoms with Gasteiger partial charge in [0.2, 0.25) is 0 Å². The standard InChI is InChI=1S/C19H21NO4/c1-2-8-16(14-9-4-3-5-10-14)20-18(22)13-24-19(23)15-11-6-7-12-17(15)21/h3-7,9-12,16,21H,2,8,13H2,1H3,(H,20,22)/t16-/m1/s1. The molecule has 0 spiro atoms. The Morgan fingerprint density at radius 1 is 1.08 bits per heavy atom. The van der Waals surface area contributed by atoms with Gasteiger partial charge in [-0.3, -0.25) is 4.79 Å². The van der Waals surface area contributed by atoms with E-state index >= 15 is 0 Å². The summed E-state index contributed by atoms with van der Waals surface area (Å²) >= 11 is 0. The summed E-state index contributed by atoms with van der Waals surface area (Å²) in [5, 5.41) is 12.5. The molecule has 24 heavy (non-hydrogen) atoms. The molecule has 2 aromatic rings. The maximum Gasteiger partial charge on any atom is 0.342 e. The van der Waals surface area contributed by atoms with Gasteiger partial charge in [-0.05, 0) is 24.1 Å². The molecule has 1 amide bonds. The summed E-state index contributed by atoms with van der Waals surface area (Å²) in [6.07, 6.45) is 1.71. The third-order valence-corrected chi connectivity index (χ3v) is 3.57.